The molecular formula is C7H2Cl2F2INO. The van der Waals surface area contributed by atoms with E-state index in [9.17, 15) is 13.6 Å². The fraction of sp³-hybridized carbons (Fsp3) is 0.143. The van der Waals surface area contributed by atoms with E-state index < -0.39 is 17.2 Å². The number of carbonyl (C=O) groups is 1. The van der Waals surface area contributed by atoms with Crippen LogP contribution < -0.4 is 0 Å². The van der Waals surface area contributed by atoms with Gasteiger partial charge >= 0.3 is 0 Å². The second-order valence-electron chi connectivity index (χ2n) is 2.26. The summed E-state index contributed by atoms with van der Waals surface area (Å²) in [5, 5.41) is -1.33. The number of nitrogens with zero attached hydrogens (tertiary/aromatic N) is 1. The quantitative estimate of drug-likeness (QED) is 0.601. The first-order valence-electron chi connectivity index (χ1n) is 3.27. The molecule has 1 rings (SSSR count). The Morgan fingerprint density at radius 2 is 2.14 bits per heavy atom. The Morgan fingerprint density at radius 1 is 1.57 bits per heavy atom. The molecule has 0 aliphatic rings. The molecule has 0 unspecified atom stereocenters. The van der Waals surface area contributed by atoms with Crippen LogP contribution in [0.1, 0.15) is 22.5 Å². The van der Waals surface area contributed by atoms with Crippen molar-refractivity contribution in [2.24, 2.45) is 0 Å². The van der Waals surface area contributed by atoms with Crippen LogP contribution in [0.3, 0.4) is 0 Å². The van der Waals surface area contributed by atoms with Gasteiger partial charge in [0.25, 0.3) is 11.7 Å². The predicted molar refractivity (Wildman–Crippen MR) is 57.1 cm³/mol. The second-order valence-corrected chi connectivity index (χ2v) is 4.14. The number of halogens is 5. The summed E-state index contributed by atoms with van der Waals surface area (Å²) < 4.78 is 25.1. The largest absolute Gasteiger partial charge is 0.274 e. The zero-order chi connectivity index (χ0) is 10.9. The Kier molecular flexibility index (Phi) is 4.03. The first-order valence-corrected chi connectivity index (χ1v) is 5.10. The van der Waals surface area contributed by atoms with Crippen LogP contribution in [0.25, 0.3) is 0 Å². The monoisotopic (exact) mass is 351 g/mol. The van der Waals surface area contributed by atoms with Crippen molar-refractivity contribution in [3.8, 4) is 0 Å². The Morgan fingerprint density at radius 3 is 2.57 bits per heavy atom. The van der Waals surface area contributed by atoms with Crippen LogP contribution in [0.2, 0.25) is 5.02 Å². The third kappa shape index (κ3) is 2.32. The molecule has 0 fully saturated rings. The molecule has 0 aliphatic heterocycles. The van der Waals surface area contributed by atoms with E-state index in [4.69, 9.17) is 23.2 Å². The number of carbonyl (C=O) groups excluding carboxylic acids is 1. The summed E-state index contributed by atoms with van der Waals surface area (Å²) in [6.45, 7) is 0. The van der Waals surface area contributed by atoms with Crippen molar-refractivity contribution in [1.82, 2.24) is 4.98 Å². The standard InChI is InChI=1S/C7H2Cl2F2INO/c8-4-3(7(10)11)2(12)1-13-5(4)6(9)14/h1,7H. The molecule has 0 spiro atoms. The highest BCUT2D eigenvalue weighted by Gasteiger charge is 2.22. The minimum absolute atomic E-state index is 0.198. The minimum atomic E-state index is -2.76. The van der Waals surface area contributed by atoms with E-state index in [-0.39, 0.29) is 14.3 Å². The summed E-state index contributed by atoms with van der Waals surface area (Å²) in [5.74, 6) is 0. The van der Waals surface area contributed by atoms with E-state index in [2.05, 4.69) is 4.98 Å². The summed E-state index contributed by atoms with van der Waals surface area (Å²) in [7, 11) is 0. The molecule has 76 valence electrons. The molecule has 1 heterocycles. The van der Waals surface area contributed by atoms with Crippen LogP contribution in [-0.2, 0) is 0 Å². The Hall–Kier alpha value is -0.0100. The maximum absolute atomic E-state index is 12.5. The zero-order valence-corrected chi connectivity index (χ0v) is 10.1. The number of rotatable bonds is 2. The lowest BCUT2D eigenvalue weighted by Crippen LogP contribution is -2.02. The Bertz CT molecular complexity index is 386. The van der Waals surface area contributed by atoms with Gasteiger partial charge in [0.2, 0.25) is 0 Å². The molecule has 0 bridgehead atoms. The topological polar surface area (TPSA) is 30.0 Å². The summed E-state index contributed by atoms with van der Waals surface area (Å²) in [4.78, 5) is 14.3. The number of hydrogen-bond donors (Lipinski definition) is 0. The molecule has 1 aromatic heterocycles. The minimum Gasteiger partial charge on any atom is -0.274 e. The third-order valence-corrected chi connectivity index (χ3v) is 2.83. The highest BCUT2D eigenvalue weighted by molar-refractivity contribution is 14.1. The molecule has 0 N–H and O–H groups in total. The highest BCUT2D eigenvalue weighted by Crippen LogP contribution is 2.33. The van der Waals surface area contributed by atoms with Crippen molar-refractivity contribution >= 4 is 51.0 Å². The number of alkyl halides is 2. The summed E-state index contributed by atoms with van der Waals surface area (Å²) in [6, 6.07) is 0. The molecular weight excluding hydrogens is 350 g/mol. The van der Waals surface area contributed by atoms with Crippen molar-refractivity contribution < 1.29 is 13.6 Å². The van der Waals surface area contributed by atoms with Crippen LogP contribution in [0.4, 0.5) is 8.78 Å². The van der Waals surface area contributed by atoms with Gasteiger partial charge in [-0.25, -0.2) is 13.8 Å². The second kappa shape index (κ2) is 4.67. The van der Waals surface area contributed by atoms with Gasteiger partial charge < -0.3 is 0 Å². The average Bonchev–Trinajstić information content (AvgIpc) is 2.02. The van der Waals surface area contributed by atoms with Gasteiger partial charge in [-0.15, -0.1) is 0 Å². The zero-order valence-electron chi connectivity index (χ0n) is 6.40. The van der Waals surface area contributed by atoms with Gasteiger partial charge in [-0.05, 0) is 34.2 Å². The first-order chi connectivity index (χ1) is 6.45. The van der Waals surface area contributed by atoms with Crippen LogP contribution in [0.15, 0.2) is 6.20 Å². The molecule has 2 nitrogen and oxygen atoms in total. The molecule has 0 radical (unpaired) electrons. The van der Waals surface area contributed by atoms with Gasteiger partial charge in [0.1, 0.15) is 5.69 Å². The van der Waals surface area contributed by atoms with Gasteiger partial charge in [-0.3, -0.25) is 4.79 Å². The Labute approximate surface area is 102 Å². The van der Waals surface area contributed by atoms with Gasteiger partial charge in [0, 0.05) is 9.77 Å². The molecule has 14 heavy (non-hydrogen) atoms. The lowest BCUT2D eigenvalue weighted by atomic mass is 10.2. The van der Waals surface area contributed by atoms with E-state index >= 15 is 0 Å². The molecule has 0 amide bonds. The molecule has 0 atom stereocenters. The fourth-order valence-corrected chi connectivity index (χ4v) is 2.13. The molecule has 1 aromatic rings. The Balaban J connectivity index is 3.41. The normalized spacial score (nSPS) is 10.7. The van der Waals surface area contributed by atoms with Crippen molar-refractivity contribution in [1.29, 1.82) is 0 Å². The van der Waals surface area contributed by atoms with Crippen molar-refractivity contribution in [3.63, 3.8) is 0 Å². The predicted octanol–water partition coefficient (Wildman–Crippen LogP) is 3.66. The van der Waals surface area contributed by atoms with Crippen LogP contribution in [0, 0.1) is 3.57 Å². The molecule has 0 aromatic carbocycles. The van der Waals surface area contributed by atoms with E-state index in [0.717, 1.165) is 6.20 Å². The highest BCUT2D eigenvalue weighted by atomic mass is 127. The van der Waals surface area contributed by atoms with Crippen molar-refractivity contribution in [2.75, 3.05) is 0 Å². The molecule has 7 heteroatoms. The number of hydrogen-bond acceptors (Lipinski definition) is 2. The smallest absolute Gasteiger partial charge is 0.272 e. The summed E-state index contributed by atoms with van der Waals surface area (Å²) in [5.41, 5.74) is -0.754. The van der Waals surface area contributed by atoms with E-state index in [0.29, 0.717) is 0 Å². The fourth-order valence-electron chi connectivity index (χ4n) is 0.817. The summed E-state index contributed by atoms with van der Waals surface area (Å²) >= 11 is 12.3. The molecule has 0 aliphatic carbocycles. The van der Waals surface area contributed by atoms with E-state index in [1.54, 1.807) is 22.6 Å². The average molecular weight is 352 g/mol. The van der Waals surface area contributed by atoms with Gasteiger partial charge in [0.15, 0.2) is 0 Å². The van der Waals surface area contributed by atoms with Crippen molar-refractivity contribution in [2.45, 2.75) is 6.43 Å². The maximum Gasteiger partial charge on any atom is 0.272 e. The lowest BCUT2D eigenvalue weighted by Gasteiger charge is -2.07. The first kappa shape index (κ1) is 12.1. The van der Waals surface area contributed by atoms with E-state index in [1.165, 1.54) is 0 Å². The lowest BCUT2D eigenvalue weighted by molar-refractivity contribution is 0.107. The van der Waals surface area contributed by atoms with Crippen molar-refractivity contribution in [3.05, 3.63) is 26.0 Å². The van der Waals surface area contributed by atoms with Crippen LogP contribution in [0.5, 0.6) is 0 Å². The molecule has 0 saturated carbocycles. The number of pyridine rings is 1. The number of aromatic nitrogens is 1. The van der Waals surface area contributed by atoms with Gasteiger partial charge in [-0.2, -0.15) is 0 Å². The third-order valence-electron chi connectivity index (χ3n) is 1.41. The van der Waals surface area contributed by atoms with Crippen LogP contribution >= 0.6 is 45.8 Å². The van der Waals surface area contributed by atoms with Gasteiger partial charge in [0.05, 0.1) is 10.6 Å². The maximum atomic E-state index is 12.5. The van der Waals surface area contributed by atoms with Gasteiger partial charge in [-0.1, -0.05) is 11.6 Å². The SMILES string of the molecule is O=C(Cl)c1ncc(I)c(C(F)F)c1Cl. The van der Waals surface area contributed by atoms with E-state index in [1.807, 2.05) is 0 Å². The molecule has 0 saturated heterocycles. The van der Waals surface area contributed by atoms with Crippen LogP contribution in [-0.4, -0.2) is 10.2 Å². The summed E-state index contributed by atoms with van der Waals surface area (Å²) in [6.07, 6.45) is -1.63.